The summed E-state index contributed by atoms with van der Waals surface area (Å²) in [5, 5.41) is 26.9. The van der Waals surface area contributed by atoms with E-state index in [2.05, 4.69) is 10.4 Å². The summed E-state index contributed by atoms with van der Waals surface area (Å²) in [6, 6.07) is 27.4. The number of amides is 1. The number of carbonyl (C=O) groups is 1. The minimum atomic E-state index is -4.77. The van der Waals surface area contributed by atoms with Gasteiger partial charge in [0.25, 0.3) is 0 Å². The third-order valence-corrected chi connectivity index (χ3v) is 8.95. The standard InChI is InChI=1S/C36H35BF3N3O7S/c1-24(2)19-34(37(45)46)41-35(44)22-43-32(26-15-17-28(18-16-26)49-23-25-9-4-3-5-10-25)21-31(42-43)30-13-6-7-14-33(30)50-51(47,48)29-12-8-11-27(20-29)36(38,39)40/h3-18,20-21,24,34,45-46H,19,22-23H2,1-2H3,(H,41,44)/t34-/m0/s1. The Balaban J connectivity index is 1.48. The van der Waals surface area contributed by atoms with Crippen molar-refractivity contribution < 1.29 is 45.4 Å². The molecule has 15 heteroatoms. The van der Waals surface area contributed by atoms with Crippen molar-refractivity contribution in [3.8, 4) is 34.0 Å². The van der Waals surface area contributed by atoms with Crippen LogP contribution in [0.5, 0.6) is 11.5 Å². The van der Waals surface area contributed by atoms with Crippen LogP contribution in [0.2, 0.25) is 0 Å². The lowest BCUT2D eigenvalue weighted by atomic mass is 9.75. The van der Waals surface area contributed by atoms with Gasteiger partial charge in [0.15, 0.2) is 5.75 Å². The molecular weight excluding hydrogens is 686 g/mol. The Bertz CT molecular complexity index is 2060. The Kier molecular flexibility index (Phi) is 11.5. The van der Waals surface area contributed by atoms with E-state index < -0.39 is 45.7 Å². The van der Waals surface area contributed by atoms with Gasteiger partial charge in [0.05, 0.1) is 22.9 Å². The maximum Gasteiger partial charge on any atom is 0.475 e. The molecule has 0 spiro atoms. The van der Waals surface area contributed by atoms with Crippen LogP contribution in [0.1, 0.15) is 31.4 Å². The van der Waals surface area contributed by atoms with Crippen molar-refractivity contribution >= 4 is 23.1 Å². The fourth-order valence-electron chi connectivity index (χ4n) is 5.26. The minimum Gasteiger partial charge on any atom is -0.489 e. The molecule has 0 saturated carbocycles. The van der Waals surface area contributed by atoms with Crippen molar-refractivity contribution in [2.24, 2.45) is 5.92 Å². The lowest BCUT2D eigenvalue weighted by Crippen LogP contribution is -2.48. The average Bonchev–Trinajstić information content (AvgIpc) is 3.50. The van der Waals surface area contributed by atoms with Crippen LogP contribution < -0.4 is 14.2 Å². The molecule has 4 aromatic carbocycles. The van der Waals surface area contributed by atoms with Crippen LogP contribution in [0.4, 0.5) is 13.2 Å². The fourth-order valence-corrected chi connectivity index (χ4v) is 6.26. The molecule has 0 aliphatic heterocycles. The summed E-state index contributed by atoms with van der Waals surface area (Å²) in [6.07, 6.45) is -4.47. The van der Waals surface area contributed by atoms with Crippen LogP contribution in [0.25, 0.3) is 22.5 Å². The highest BCUT2D eigenvalue weighted by atomic mass is 32.2. The van der Waals surface area contributed by atoms with E-state index in [1.165, 1.54) is 22.9 Å². The molecule has 0 saturated heterocycles. The second-order valence-electron chi connectivity index (χ2n) is 12.1. The summed E-state index contributed by atoms with van der Waals surface area (Å²) in [6.45, 7) is 3.74. The zero-order valence-electron chi connectivity index (χ0n) is 27.6. The molecule has 0 aliphatic rings. The zero-order chi connectivity index (χ0) is 36.8. The van der Waals surface area contributed by atoms with Gasteiger partial charge in [-0.15, -0.1) is 0 Å². The van der Waals surface area contributed by atoms with Gasteiger partial charge >= 0.3 is 23.4 Å². The summed E-state index contributed by atoms with van der Waals surface area (Å²) in [4.78, 5) is 12.5. The molecule has 0 unspecified atom stereocenters. The molecule has 266 valence electrons. The van der Waals surface area contributed by atoms with Gasteiger partial charge < -0.3 is 24.3 Å². The van der Waals surface area contributed by atoms with Gasteiger partial charge in [-0.05, 0) is 78.6 Å². The number of aromatic nitrogens is 2. The normalized spacial score (nSPS) is 12.4. The van der Waals surface area contributed by atoms with E-state index >= 15 is 0 Å². The average molecular weight is 722 g/mol. The van der Waals surface area contributed by atoms with Gasteiger partial charge in [-0.1, -0.05) is 62.4 Å². The number of hydrogen-bond donors (Lipinski definition) is 3. The van der Waals surface area contributed by atoms with Gasteiger partial charge in [0.2, 0.25) is 5.91 Å². The molecule has 1 amide bonds. The van der Waals surface area contributed by atoms with Crippen LogP contribution in [0.15, 0.2) is 114 Å². The monoisotopic (exact) mass is 721 g/mol. The van der Waals surface area contributed by atoms with E-state index in [1.807, 2.05) is 44.2 Å². The molecule has 0 fully saturated rings. The van der Waals surface area contributed by atoms with E-state index in [1.54, 1.807) is 36.4 Å². The second kappa shape index (κ2) is 15.8. The van der Waals surface area contributed by atoms with Crippen molar-refractivity contribution in [2.75, 3.05) is 0 Å². The molecule has 0 bridgehead atoms. The molecule has 0 radical (unpaired) electrons. The number of carbonyl (C=O) groups excluding carboxylic acids is 1. The van der Waals surface area contributed by atoms with Crippen LogP contribution in [-0.2, 0) is 34.2 Å². The number of halogens is 3. The first-order chi connectivity index (χ1) is 24.2. The number of benzene rings is 4. The topological polar surface area (TPSA) is 140 Å². The van der Waals surface area contributed by atoms with Crippen molar-refractivity contribution in [3.05, 3.63) is 120 Å². The Morgan fingerprint density at radius 3 is 2.27 bits per heavy atom. The van der Waals surface area contributed by atoms with Gasteiger partial charge in [0, 0.05) is 11.1 Å². The van der Waals surface area contributed by atoms with E-state index in [-0.39, 0.29) is 29.5 Å². The molecule has 3 N–H and O–H groups in total. The first kappa shape index (κ1) is 37.1. The molecule has 10 nitrogen and oxygen atoms in total. The molecule has 5 aromatic rings. The Labute approximate surface area is 293 Å². The predicted molar refractivity (Wildman–Crippen MR) is 185 cm³/mol. The van der Waals surface area contributed by atoms with E-state index in [0.717, 1.165) is 23.8 Å². The fraction of sp³-hybridized carbons (Fsp3) is 0.222. The first-order valence-electron chi connectivity index (χ1n) is 15.9. The maximum atomic E-state index is 13.3. The zero-order valence-corrected chi connectivity index (χ0v) is 28.4. The predicted octanol–water partition coefficient (Wildman–Crippen LogP) is 6.13. The Morgan fingerprint density at radius 1 is 0.922 bits per heavy atom. The summed E-state index contributed by atoms with van der Waals surface area (Å²) in [5.41, 5.74) is 1.26. The molecule has 1 aromatic heterocycles. The third-order valence-electron chi connectivity index (χ3n) is 7.72. The van der Waals surface area contributed by atoms with E-state index in [0.29, 0.717) is 36.1 Å². The molecular formula is C36H35BF3N3O7S. The van der Waals surface area contributed by atoms with Crippen LogP contribution in [-0.4, -0.2) is 47.2 Å². The summed E-state index contributed by atoms with van der Waals surface area (Å²) >= 11 is 0. The van der Waals surface area contributed by atoms with Crippen LogP contribution in [0.3, 0.4) is 0 Å². The summed E-state index contributed by atoms with van der Waals surface area (Å²) in [7, 11) is -6.52. The number of nitrogens with one attached hydrogen (secondary N) is 1. The largest absolute Gasteiger partial charge is 0.489 e. The SMILES string of the molecule is CC(C)C[C@H](NC(=O)Cn1nc(-c2ccccc2OS(=O)(=O)c2cccc(C(F)(F)F)c2)cc1-c1ccc(OCc2ccccc2)cc1)B(O)O. The first-order valence-corrected chi connectivity index (χ1v) is 17.3. The van der Waals surface area contributed by atoms with E-state index in [4.69, 9.17) is 8.92 Å². The molecule has 5 rings (SSSR count). The van der Waals surface area contributed by atoms with Crippen molar-refractivity contribution in [2.45, 2.75) is 50.4 Å². The van der Waals surface area contributed by atoms with Gasteiger partial charge in [0.1, 0.15) is 23.8 Å². The number of hydrogen-bond acceptors (Lipinski definition) is 8. The lowest BCUT2D eigenvalue weighted by Gasteiger charge is -2.20. The smallest absolute Gasteiger partial charge is 0.475 e. The maximum absolute atomic E-state index is 13.3. The highest BCUT2D eigenvalue weighted by Gasteiger charge is 2.32. The number of alkyl halides is 3. The van der Waals surface area contributed by atoms with Crippen molar-refractivity contribution in [1.29, 1.82) is 0 Å². The Hall–Kier alpha value is -5.12. The number of nitrogens with zero attached hydrogens (tertiary/aromatic N) is 2. The molecule has 51 heavy (non-hydrogen) atoms. The number of rotatable bonds is 14. The van der Waals surface area contributed by atoms with Gasteiger partial charge in [-0.3, -0.25) is 9.48 Å². The summed E-state index contributed by atoms with van der Waals surface area (Å²) in [5.74, 6) is -1.08. The highest BCUT2D eigenvalue weighted by molar-refractivity contribution is 7.87. The van der Waals surface area contributed by atoms with Crippen molar-refractivity contribution in [1.82, 2.24) is 15.1 Å². The molecule has 1 atom stereocenters. The number of para-hydroxylation sites is 1. The van der Waals surface area contributed by atoms with Gasteiger partial charge in [-0.25, -0.2) is 0 Å². The Morgan fingerprint density at radius 2 is 1.61 bits per heavy atom. The van der Waals surface area contributed by atoms with Crippen LogP contribution >= 0.6 is 0 Å². The van der Waals surface area contributed by atoms with Gasteiger partial charge in [-0.2, -0.15) is 26.7 Å². The van der Waals surface area contributed by atoms with E-state index in [9.17, 15) is 36.4 Å². The highest BCUT2D eigenvalue weighted by Crippen LogP contribution is 2.36. The quantitative estimate of drug-likeness (QED) is 0.0921. The molecule has 0 aliphatic carbocycles. The minimum absolute atomic E-state index is 0.0512. The lowest BCUT2D eigenvalue weighted by molar-refractivity contribution is -0.137. The molecule has 1 heterocycles. The third kappa shape index (κ3) is 9.78. The van der Waals surface area contributed by atoms with Crippen LogP contribution in [0, 0.1) is 5.92 Å². The van der Waals surface area contributed by atoms with Crippen molar-refractivity contribution in [3.63, 3.8) is 0 Å². The summed E-state index contributed by atoms with van der Waals surface area (Å²) < 4.78 is 79.0. The number of ether oxygens (including phenoxy) is 1. The second-order valence-corrected chi connectivity index (χ2v) is 13.7.